The summed E-state index contributed by atoms with van der Waals surface area (Å²) in [5, 5.41) is 0.786. The average Bonchev–Trinajstić information content (AvgIpc) is 3.04. The number of aromatic nitrogens is 2. The summed E-state index contributed by atoms with van der Waals surface area (Å²) in [4.78, 5) is 6.16. The second kappa shape index (κ2) is 8.49. The Bertz CT molecular complexity index is 850. The van der Waals surface area contributed by atoms with Crippen molar-refractivity contribution in [2.24, 2.45) is 5.92 Å². The van der Waals surface area contributed by atoms with E-state index in [0.29, 0.717) is 0 Å². The van der Waals surface area contributed by atoms with E-state index in [0.717, 1.165) is 28.8 Å². The standard InChI is InChI=1S/C22H25ClN2S/c23-18-10-12-19(13-11-18)26-16-22-24-20-8-4-5-9-21(20)25(22)15-14-17-6-2-1-3-7-17/h4-5,8-13,17H,1-3,6-7,14-16H2. The van der Waals surface area contributed by atoms with Crippen LogP contribution in [0.25, 0.3) is 11.0 Å². The van der Waals surface area contributed by atoms with Gasteiger partial charge < -0.3 is 4.57 Å². The first-order chi connectivity index (χ1) is 12.8. The van der Waals surface area contributed by atoms with Crippen LogP contribution in [0, 0.1) is 5.92 Å². The first kappa shape index (κ1) is 17.9. The second-order valence-corrected chi connectivity index (χ2v) is 8.69. The van der Waals surface area contributed by atoms with Gasteiger partial charge >= 0.3 is 0 Å². The molecule has 0 bridgehead atoms. The van der Waals surface area contributed by atoms with Gasteiger partial charge in [0.15, 0.2) is 0 Å². The first-order valence-electron chi connectivity index (χ1n) is 9.62. The Morgan fingerprint density at radius 3 is 2.58 bits per heavy atom. The van der Waals surface area contributed by atoms with Gasteiger partial charge in [0, 0.05) is 16.5 Å². The highest BCUT2D eigenvalue weighted by molar-refractivity contribution is 7.98. The zero-order valence-electron chi connectivity index (χ0n) is 15.0. The quantitative estimate of drug-likeness (QED) is 0.428. The molecule has 0 N–H and O–H groups in total. The van der Waals surface area contributed by atoms with Crippen LogP contribution in [0.5, 0.6) is 0 Å². The minimum absolute atomic E-state index is 0.786. The van der Waals surface area contributed by atoms with Crippen LogP contribution in [-0.4, -0.2) is 9.55 Å². The fraction of sp³-hybridized carbons (Fsp3) is 0.409. The summed E-state index contributed by atoms with van der Waals surface area (Å²) in [6, 6.07) is 16.6. The lowest BCUT2D eigenvalue weighted by Crippen LogP contribution is -2.11. The molecule has 26 heavy (non-hydrogen) atoms. The molecule has 0 saturated heterocycles. The SMILES string of the molecule is Clc1ccc(SCc2nc3ccccc3n2CCC2CCCCC2)cc1. The maximum absolute atomic E-state index is 6.00. The molecule has 136 valence electrons. The van der Waals surface area contributed by atoms with E-state index in [1.165, 1.54) is 54.8 Å². The molecule has 4 rings (SSSR count). The van der Waals surface area contributed by atoms with Crippen molar-refractivity contribution in [3.8, 4) is 0 Å². The summed E-state index contributed by atoms with van der Waals surface area (Å²) in [6.07, 6.45) is 8.33. The molecule has 2 aromatic carbocycles. The molecule has 0 spiro atoms. The summed E-state index contributed by atoms with van der Waals surface area (Å²) in [5.74, 6) is 2.96. The predicted molar refractivity (Wildman–Crippen MR) is 112 cm³/mol. The van der Waals surface area contributed by atoms with Gasteiger partial charge in [0.2, 0.25) is 0 Å². The Balaban J connectivity index is 1.51. The van der Waals surface area contributed by atoms with E-state index >= 15 is 0 Å². The lowest BCUT2D eigenvalue weighted by atomic mass is 9.87. The molecule has 0 radical (unpaired) electrons. The van der Waals surface area contributed by atoms with Gasteiger partial charge in [0.25, 0.3) is 0 Å². The molecule has 0 unspecified atom stereocenters. The summed E-state index contributed by atoms with van der Waals surface area (Å²) in [7, 11) is 0. The molecule has 3 aromatic rings. The number of halogens is 1. The van der Waals surface area contributed by atoms with Crippen LogP contribution in [0.2, 0.25) is 5.02 Å². The van der Waals surface area contributed by atoms with Gasteiger partial charge in [0.05, 0.1) is 16.8 Å². The van der Waals surface area contributed by atoms with Crippen molar-refractivity contribution < 1.29 is 0 Å². The number of aryl methyl sites for hydroxylation is 1. The summed E-state index contributed by atoms with van der Waals surface area (Å²) < 4.78 is 2.45. The number of benzene rings is 2. The van der Waals surface area contributed by atoms with E-state index in [2.05, 4.69) is 41.0 Å². The zero-order chi connectivity index (χ0) is 17.8. The molecule has 1 aliphatic rings. The van der Waals surface area contributed by atoms with E-state index in [4.69, 9.17) is 16.6 Å². The van der Waals surface area contributed by atoms with Gasteiger partial charge in [-0.3, -0.25) is 0 Å². The zero-order valence-corrected chi connectivity index (χ0v) is 16.6. The van der Waals surface area contributed by atoms with Crippen molar-refractivity contribution >= 4 is 34.4 Å². The molecular formula is C22H25ClN2S. The topological polar surface area (TPSA) is 17.8 Å². The normalized spacial score (nSPS) is 15.6. The number of thioether (sulfide) groups is 1. The molecule has 0 aliphatic heterocycles. The Morgan fingerprint density at radius 1 is 1.00 bits per heavy atom. The fourth-order valence-corrected chi connectivity index (χ4v) is 4.92. The van der Waals surface area contributed by atoms with Crippen molar-refractivity contribution in [2.75, 3.05) is 0 Å². The van der Waals surface area contributed by atoms with E-state index in [1.54, 1.807) is 0 Å². The molecule has 0 amide bonds. The molecule has 0 atom stereocenters. The molecule has 1 saturated carbocycles. The molecule has 2 nitrogen and oxygen atoms in total. The van der Waals surface area contributed by atoms with E-state index in [-0.39, 0.29) is 0 Å². The van der Waals surface area contributed by atoms with Crippen LogP contribution in [0.4, 0.5) is 0 Å². The van der Waals surface area contributed by atoms with Gasteiger partial charge in [-0.05, 0) is 48.7 Å². The third-order valence-electron chi connectivity index (χ3n) is 5.40. The lowest BCUT2D eigenvalue weighted by molar-refractivity contribution is 0.324. The van der Waals surface area contributed by atoms with Gasteiger partial charge in [-0.15, -0.1) is 11.8 Å². The largest absolute Gasteiger partial charge is 0.327 e. The van der Waals surface area contributed by atoms with Gasteiger partial charge in [0.1, 0.15) is 5.82 Å². The van der Waals surface area contributed by atoms with Crippen molar-refractivity contribution in [3.05, 3.63) is 59.4 Å². The number of hydrogen-bond donors (Lipinski definition) is 0. The summed E-state index contributed by atoms with van der Waals surface area (Å²) >= 11 is 7.83. The third-order valence-corrected chi connectivity index (χ3v) is 6.66. The highest BCUT2D eigenvalue weighted by Gasteiger charge is 2.16. The highest BCUT2D eigenvalue weighted by Crippen LogP contribution is 2.29. The summed E-state index contributed by atoms with van der Waals surface area (Å²) in [5.41, 5.74) is 2.39. The molecule has 1 heterocycles. The van der Waals surface area contributed by atoms with Crippen LogP contribution < -0.4 is 0 Å². The van der Waals surface area contributed by atoms with Crippen molar-refractivity contribution in [2.45, 2.75) is 55.7 Å². The number of para-hydroxylation sites is 2. The molecule has 1 aromatic heterocycles. The Labute approximate surface area is 165 Å². The number of rotatable bonds is 6. The fourth-order valence-electron chi connectivity index (χ4n) is 3.95. The van der Waals surface area contributed by atoms with Crippen LogP contribution in [-0.2, 0) is 12.3 Å². The Hall–Kier alpha value is -1.45. The number of hydrogen-bond acceptors (Lipinski definition) is 2. The number of fused-ring (bicyclic) bond motifs is 1. The Morgan fingerprint density at radius 2 is 1.77 bits per heavy atom. The number of imidazole rings is 1. The van der Waals surface area contributed by atoms with Crippen LogP contribution >= 0.6 is 23.4 Å². The molecule has 1 aliphatic carbocycles. The maximum atomic E-state index is 6.00. The third kappa shape index (κ3) is 4.27. The van der Waals surface area contributed by atoms with E-state index < -0.39 is 0 Å². The van der Waals surface area contributed by atoms with Gasteiger partial charge in [-0.25, -0.2) is 4.98 Å². The minimum Gasteiger partial charge on any atom is -0.327 e. The first-order valence-corrected chi connectivity index (χ1v) is 11.0. The van der Waals surface area contributed by atoms with Crippen LogP contribution in [0.1, 0.15) is 44.3 Å². The Kier molecular flexibility index (Phi) is 5.86. The van der Waals surface area contributed by atoms with E-state index in [1.807, 2.05) is 23.9 Å². The lowest BCUT2D eigenvalue weighted by Gasteiger charge is -2.22. The summed E-state index contributed by atoms with van der Waals surface area (Å²) in [6.45, 7) is 1.09. The van der Waals surface area contributed by atoms with Crippen LogP contribution in [0.15, 0.2) is 53.4 Å². The molecular weight excluding hydrogens is 360 g/mol. The average molecular weight is 385 g/mol. The predicted octanol–water partition coefficient (Wildman–Crippen LogP) is 6.95. The molecule has 4 heteroatoms. The smallest absolute Gasteiger partial charge is 0.120 e. The van der Waals surface area contributed by atoms with E-state index in [9.17, 15) is 0 Å². The van der Waals surface area contributed by atoms with Gasteiger partial charge in [-0.2, -0.15) is 0 Å². The second-order valence-electron chi connectivity index (χ2n) is 7.20. The van der Waals surface area contributed by atoms with Crippen molar-refractivity contribution in [3.63, 3.8) is 0 Å². The van der Waals surface area contributed by atoms with Gasteiger partial charge in [-0.1, -0.05) is 55.8 Å². The number of nitrogens with zero attached hydrogens (tertiary/aromatic N) is 2. The molecule has 1 fully saturated rings. The van der Waals surface area contributed by atoms with Crippen molar-refractivity contribution in [1.29, 1.82) is 0 Å². The van der Waals surface area contributed by atoms with Crippen molar-refractivity contribution in [1.82, 2.24) is 9.55 Å². The monoisotopic (exact) mass is 384 g/mol. The maximum Gasteiger partial charge on any atom is 0.120 e. The van der Waals surface area contributed by atoms with Crippen LogP contribution in [0.3, 0.4) is 0 Å². The minimum atomic E-state index is 0.786. The highest BCUT2D eigenvalue weighted by atomic mass is 35.5.